The summed E-state index contributed by atoms with van der Waals surface area (Å²) >= 11 is 0. The first-order chi connectivity index (χ1) is 7.56. The zero-order chi connectivity index (χ0) is 12.1. The van der Waals surface area contributed by atoms with Gasteiger partial charge in [-0.3, -0.25) is 4.79 Å². The highest BCUT2D eigenvalue weighted by Crippen LogP contribution is 2.26. The first-order valence-electron chi connectivity index (χ1n) is 6.07. The normalized spacial score (nSPS) is 27.5. The van der Waals surface area contributed by atoms with Crippen molar-refractivity contribution >= 4 is 5.91 Å². The third-order valence-corrected chi connectivity index (χ3v) is 3.47. The molecule has 1 aliphatic carbocycles. The predicted molar refractivity (Wildman–Crippen MR) is 64.0 cm³/mol. The summed E-state index contributed by atoms with van der Waals surface area (Å²) in [5.74, 6) is 0.716. The monoisotopic (exact) mass is 228 g/mol. The van der Waals surface area contributed by atoms with Gasteiger partial charge in [-0.2, -0.15) is 0 Å². The molecule has 4 heteroatoms. The van der Waals surface area contributed by atoms with Crippen LogP contribution in [-0.4, -0.2) is 43.7 Å². The molecule has 1 fully saturated rings. The molecule has 2 N–H and O–H groups in total. The number of carbonyl (C=O) groups excluding carboxylic acids is 1. The Hall–Kier alpha value is -0.610. The van der Waals surface area contributed by atoms with Crippen LogP contribution in [0, 0.1) is 5.92 Å². The molecule has 3 unspecified atom stereocenters. The summed E-state index contributed by atoms with van der Waals surface area (Å²) < 4.78 is 4.91. The van der Waals surface area contributed by atoms with E-state index in [1.54, 1.807) is 7.11 Å². The van der Waals surface area contributed by atoms with Crippen molar-refractivity contribution in [2.75, 3.05) is 20.8 Å². The summed E-state index contributed by atoms with van der Waals surface area (Å²) in [7, 11) is 3.43. The SMILES string of the molecule is COCC(N)C(=O)N(C)C1CCCC(C)C1. The molecule has 1 saturated carbocycles. The first-order valence-corrected chi connectivity index (χ1v) is 6.07. The van der Waals surface area contributed by atoms with Gasteiger partial charge in [0.25, 0.3) is 0 Å². The summed E-state index contributed by atoms with van der Waals surface area (Å²) in [4.78, 5) is 13.8. The van der Waals surface area contributed by atoms with E-state index in [4.69, 9.17) is 10.5 Å². The number of nitrogens with zero attached hydrogens (tertiary/aromatic N) is 1. The van der Waals surface area contributed by atoms with Crippen molar-refractivity contribution in [3.63, 3.8) is 0 Å². The quantitative estimate of drug-likeness (QED) is 0.781. The molecule has 0 aromatic carbocycles. The lowest BCUT2D eigenvalue weighted by atomic mass is 9.86. The number of nitrogens with two attached hydrogens (primary N) is 1. The van der Waals surface area contributed by atoms with E-state index >= 15 is 0 Å². The van der Waals surface area contributed by atoms with E-state index in [1.807, 2.05) is 11.9 Å². The van der Waals surface area contributed by atoms with Gasteiger partial charge >= 0.3 is 0 Å². The molecule has 0 aliphatic heterocycles. The van der Waals surface area contributed by atoms with Crippen molar-refractivity contribution in [1.82, 2.24) is 4.90 Å². The number of likely N-dealkylation sites (N-methyl/N-ethyl adjacent to an activating group) is 1. The van der Waals surface area contributed by atoms with E-state index in [0.29, 0.717) is 18.6 Å². The largest absolute Gasteiger partial charge is 0.383 e. The van der Waals surface area contributed by atoms with Crippen molar-refractivity contribution in [3.05, 3.63) is 0 Å². The van der Waals surface area contributed by atoms with Crippen LogP contribution < -0.4 is 5.73 Å². The fourth-order valence-corrected chi connectivity index (χ4v) is 2.45. The van der Waals surface area contributed by atoms with Gasteiger partial charge in [-0.25, -0.2) is 0 Å². The lowest BCUT2D eigenvalue weighted by molar-refractivity contribution is -0.135. The number of carbonyl (C=O) groups is 1. The van der Waals surface area contributed by atoms with Crippen molar-refractivity contribution in [3.8, 4) is 0 Å². The van der Waals surface area contributed by atoms with Gasteiger partial charge in [0.15, 0.2) is 0 Å². The fourth-order valence-electron chi connectivity index (χ4n) is 2.45. The van der Waals surface area contributed by atoms with Gasteiger partial charge in [-0.05, 0) is 18.8 Å². The van der Waals surface area contributed by atoms with E-state index in [2.05, 4.69) is 6.92 Å². The maximum atomic E-state index is 12.0. The molecular weight excluding hydrogens is 204 g/mol. The van der Waals surface area contributed by atoms with Crippen LogP contribution in [0.4, 0.5) is 0 Å². The summed E-state index contributed by atoms with van der Waals surface area (Å²) in [5.41, 5.74) is 5.75. The second-order valence-electron chi connectivity index (χ2n) is 4.94. The third kappa shape index (κ3) is 3.46. The Morgan fingerprint density at radius 2 is 2.25 bits per heavy atom. The lowest BCUT2D eigenvalue weighted by Gasteiger charge is -2.35. The number of rotatable bonds is 4. The minimum Gasteiger partial charge on any atom is -0.383 e. The van der Waals surface area contributed by atoms with E-state index in [-0.39, 0.29) is 5.91 Å². The predicted octanol–water partition coefficient (Wildman–Crippen LogP) is 0.997. The molecule has 0 heterocycles. The number of methoxy groups -OCH3 is 1. The Labute approximate surface area is 98.1 Å². The fraction of sp³-hybridized carbons (Fsp3) is 0.917. The minimum absolute atomic E-state index is 0.000880. The van der Waals surface area contributed by atoms with E-state index in [1.165, 1.54) is 12.8 Å². The highest BCUT2D eigenvalue weighted by atomic mass is 16.5. The molecule has 3 atom stereocenters. The van der Waals surface area contributed by atoms with Crippen molar-refractivity contribution in [2.24, 2.45) is 11.7 Å². The van der Waals surface area contributed by atoms with Crippen LogP contribution in [0.3, 0.4) is 0 Å². The highest BCUT2D eigenvalue weighted by Gasteiger charge is 2.27. The van der Waals surface area contributed by atoms with Crippen LogP contribution in [0.5, 0.6) is 0 Å². The van der Waals surface area contributed by atoms with Gasteiger partial charge in [-0.1, -0.05) is 19.8 Å². The molecule has 0 bridgehead atoms. The van der Waals surface area contributed by atoms with Crippen molar-refractivity contribution in [1.29, 1.82) is 0 Å². The Morgan fingerprint density at radius 3 is 2.81 bits per heavy atom. The third-order valence-electron chi connectivity index (χ3n) is 3.47. The topological polar surface area (TPSA) is 55.6 Å². The van der Waals surface area contributed by atoms with Crippen LogP contribution in [0.15, 0.2) is 0 Å². The minimum atomic E-state index is -0.521. The van der Waals surface area contributed by atoms with Gasteiger partial charge in [0, 0.05) is 20.2 Å². The van der Waals surface area contributed by atoms with E-state index < -0.39 is 6.04 Å². The molecule has 94 valence electrons. The molecule has 1 aliphatic rings. The van der Waals surface area contributed by atoms with Crippen LogP contribution in [0.25, 0.3) is 0 Å². The molecular formula is C12H24N2O2. The van der Waals surface area contributed by atoms with E-state index in [9.17, 15) is 4.79 Å². The van der Waals surface area contributed by atoms with Gasteiger partial charge in [-0.15, -0.1) is 0 Å². The van der Waals surface area contributed by atoms with Crippen LogP contribution >= 0.6 is 0 Å². The summed E-state index contributed by atoms with van der Waals surface area (Å²) in [5, 5.41) is 0. The van der Waals surface area contributed by atoms with Crippen LogP contribution in [0.1, 0.15) is 32.6 Å². The van der Waals surface area contributed by atoms with Crippen LogP contribution in [-0.2, 0) is 9.53 Å². The van der Waals surface area contributed by atoms with Crippen molar-refractivity contribution in [2.45, 2.75) is 44.7 Å². The molecule has 0 aromatic rings. The molecule has 4 nitrogen and oxygen atoms in total. The first kappa shape index (κ1) is 13.5. The summed E-state index contributed by atoms with van der Waals surface area (Å²) in [6.45, 7) is 2.55. The second-order valence-corrected chi connectivity index (χ2v) is 4.94. The van der Waals surface area contributed by atoms with Crippen LogP contribution in [0.2, 0.25) is 0 Å². The number of hydrogen-bond acceptors (Lipinski definition) is 3. The Balaban J connectivity index is 2.48. The summed E-state index contributed by atoms with van der Waals surface area (Å²) in [6, 6.07) is -0.161. The molecule has 1 amide bonds. The van der Waals surface area contributed by atoms with Gasteiger partial charge < -0.3 is 15.4 Å². The average molecular weight is 228 g/mol. The van der Waals surface area contributed by atoms with Gasteiger partial charge in [0.2, 0.25) is 5.91 Å². The van der Waals surface area contributed by atoms with Gasteiger partial charge in [0.05, 0.1) is 6.61 Å². The zero-order valence-corrected chi connectivity index (χ0v) is 10.6. The molecule has 1 rings (SSSR count). The maximum Gasteiger partial charge on any atom is 0.241 e. The standard InChI is InChI=1S/C12H24N2O2/c1-9-5-4-6-10(7-9)14(2)12(15)11(13)8-16-3/h9-11H,4-8,13H2,1-3H3. The Bertz CT molecular complexity index is 233. The number of ether oxygens (including phenoxy) is 1. The second kappa shape index (κ2) is 6.21. The number of hydrogen-bond donors (Lipinski definition) is 1. The lowest BCUT2D eigenvalue weighted by Crippen LogP contribution is -2.49. The summed E-state index contributed by atoms with van der Waals surface area (Å²) in [6.07, 6.45) is 4.69. The maximum absolute atomic E-state index is 12.0. The average Bonchev–Trinajstić information content (AvgIpc) is 2.27. The smallest absolute Gasteiger partial charge is 0.241 e. The number of amides is 1. The highest BCUT2D eigenvalue weighted by molar-refractivity contribution is 5.81. The molecule has 16 heavy (non-hydrogen) atoms. The van der Waals surface area contributed by atoms with Gasteiger partial charge in [0.1, 0.15) is 6.04 Å². The zero-order valence-electron chi connectivity index (χ0n) is 10.6. The molecule has 0 spiro atoms. The molecule has 0 saturated heterocycles. The Kier molecular flexibility index (Phi) is 5.22. The Morgan fingerprint density at radius 1 is 1.56 bits per heavy atom. The van der Waals surface area contributed by atoms with Crippen molar-refractivity contribution < 1.29 is 9.53 Å². The molecule has 0 radical (unpaired) electrons. The molecule has 0 aromatic heterocycles. The van der Waals surface area contributed by atoms with E-state index in [0.717, 1.165) is 12.8 Å².